The van der Waals surface area contributed by atoms with E-state index in [-0.39, 0.29) is 5.82 Å². The summed E-state index contributed by atoms with van der Waals surface area (Å²) < 4.78 is 5.35. The Morgan fingerprint density at radius 3 is 2.68 bits per heavy atom. The zero-order valence-corrected chi connectivity index (χ0v) is 11.8. The third-order valence-electron chi connectivity index (χ3n) is 2.45. The number of fused-ring (bicyclic) bond motifs is 1. The summed E-state index contributed by atoms with van der Waals surface area (Å²) >= 11 is 5.92. The Labute approximate surface area is 116 Å². The van der Waals surface area contributed by atoms with Crippen LogP contribution in [0.4, 0.5) is 5.82 Å². The molecular weight excluding hydrogens is 264 g/mol. The molecular formula is C14H15ClN2O2. The second kappa shape index (κ2) is 4.70. The number of aromatic nitrogens is 1. The molecule has 5 heteroatoms. The minimum atomic E-state index is -0.558. The maximum absolute atomic E-state index is 12.1. The molecule has 0 saturated heterocycles. The van der Waals surface area contributed by atoms with Crippen LogP contribution in [-0.4, -0.2) is 16.6 Å². The molecule has 0 saturated carbocycles. The number of pyridine rings is 1. The van der Waals surface area contributed by atoms with Crippen molar-refractivity contribution in [2.45, 2.75) is 26.4 Å². The highest BCUT2D eigenvalue weighted by atomic mass is 35.5. The Balaban J connectivity index is 2.55. The van der Waals surface area contributed by atoms with Gasteiger partial charge in [-0.15, -0.1) is 0 Å². The molecule has 2 aromatic rings. The fourth-order valence-electron chi connectivity index (χ4n) is 1.68. The average Bonchev–Trinajstić information content (AvgIpc) is 2.27. The zero-order chi connectivity index (χ0) is 14.2. The van der Waals surface area contributed by atoms with Gasteiger partial charge in [-0.2, -0.15) is 0 Å². The van der Waals surface area contributed by atoms with Crippen molar-refractivity contribution in [3.63, 3.8) is 0 Å². The largest absolute Gasteiger partial charge is 0.456 e. The van der Waals surface area contributed by atoms with E-state index in [0.29, 0.717) is 16.1 Å². The van der Waals surface area contributed by atoms with E-state index >= 15 is 0 Å². The van der Waals surface area contributed by atoms with Crippen molar-refractivity contribution >= 4 is 34.3 Å². The van der Waals surface area contributed by atoms with Gasteiger partial charge in [0.15, 0.2) is 0 Å². The van der Waals surface area contributed by atoms with Gasteiger partial charge in [-0.05, 0) is 32.9 Å². The van der Waals surface area contributed by atoms with Crippen LogP contribution >= 0.6 is 11.6 Å². The predicted octanol–water partition coefficient (Wildman–Crippen LogP) is 3.43. The molecule has 0 aliphatic rings. The van der Waals surface area contributed by atoms with Crippen LogP contribution in [0.5, 0.6) is 0 Å². The maximum atomic E-state index is 12.1. The Morgan fingerprint density at radius 1 is 1.37 bits per heavy atom. The third kappa shape index (κ3) is 2.96. The van der Waals surface area contributed by atoms with E-state index < -0.39 is 11.6 Å². The van der Waals surface area contributed by atoms with Crippen LogP contribution in [0.2, 0.25) is 5.02 Å². The second-order valence-corrected chi connectivity index (χ2v) is 5.64. The number of nitrogens with two attached hydrogens (primary N) is 1. The van der Waals surface area contributed by atoms with Crippen LogP contribution in [-0.2, 0) is 4.74 Å². The molecule has 0 aliphatic carbocycles. The molecule has 0 unspecified atom stereocenters. The third-order valence-corrected chi connectivity index (χ3v) is 2.75. The molecule has 0 radical (unpaired) electrons. The molecule has 1 heterocycles. The molecule has 0 fully saturated rings. The lowest BCUT2D eigenvalue weighted by molar-refractivity contribution is 0.00717. The number of ether oxygens (including phenoxy) is 1. The van der Waals surface area contributed by atoms with Gasteiger partial charge in [0.2, 0.25) is 0 Å². The monoisotopic (exact) mass is 278 g/mol. The van der Waals surface area contributed by atoms with Crippen LogP contribution in [0.25, 0.3) is 10.9 Å². The molecule has 0 bridgehead atoms. The summed E-state index contributed by atoms with van der Waals surface area (Å²) in [6, 6.07) is 6.93. The van der Waals surface area contributed by atoms with Gasteiger partial charge in [-0.3, -0.25) is 0 Å². The smallest absolute Gasteiger partial charge is 0.340 e. The lowest BCUT2D eigenvalue weighted by atomic mass is 10.1. The van der Waals surface area contributed by atoms with E-state index in [9.17, 15) is 4.79 Å². The van der Waals surface area contributed by atoms with E-state index in [2.05, 4.69) is 4.98 Å². The topological polar surface area (TPSA) is 65.2 Å². The highest BCUT2D eigenvalue weighted by Crippen LogP contribution is 2.26. The zero-order valence-electron chi connectivity index (χ0n) is 11.0. The number of nitrogen functional groups attached to an aromatic ring is 1. The predicted molar refractivity (Wildman–Crippen MR) is 76.3 cm³/mol. The number of carbonyl (C=O) groups is 1. The number of rotatable bonds is 1. The molecule has 0 aliphatic heterocycles. The molecule has 19 heavy (non-hydrogen) atoms. The van der Waals surface area contributed by atoms with Gasteiger partial charge in [0.05, 0.1) is 16.1 Å². The van der Waals surface area contributed by atoms with Crippen LogP contribution in [0, 0.1) is 0 Å². The summed E-state index contributed by atoms with van der Waals surface area (Å²) in [4.78, 5) is 16.3. The minimum absolute atomic E-state index is 0.199. The summed E-state index contributed by atoms with van der Waals surface area (Å²) in [6.45, 7) is 5.44. The number of nitrogens with zero attached hydrogens (tertiary/aromatic N) is 1. The van der Waals surface area contributed by atoms with Crippen molar-refractivity contribution in [1.29, 1.82) is 0 Å². The van der Waals surface area contributed by atoms with Crippen LogP contribution < -0.4 is 5.73 Å². The summed E-state index contributed by atoms with van der Waals surface area (Å²) in [5.41, 5.74) is 6.01. The molecule has 2 rings (SSSR count). The van der Waals surface area contributed by atoms with Gasteiger partial charge in [-0.1, -0.05) is 23.7 Å². The second-order valence-electron chi connectivity index (χ2n) is 5.23. The number of hydrogen-bond donors (Lipinski definition) is 1. The van der Waals surface area contributed by atoms with Crippen molar-refractivity contribution in [2.24, 2.45) is 0 Å². The fourth-order valence-corrected chi connectivity index (χ4v) is 1.84. The lowest BCUT2D eigenvalue weighted by Crippen LogP contribution is -2.24. The van der Waals surface area contributed by atoms with Gasteiger partial charge in [0, 0.05) is 5.39 Å². The Bertz CT molecular complexity index is 648. The molecule has 4 nitrogen and oxygen atoms in total. The van der Waals surface area contributed by atoms with E-state index in [1.54, 1.807) is 18.2 Å². The number of hydrogen-bond acceptors (Lipinski definition) is 4. The first-order valence-corrected chi connectivity index (χ1v) is 6.24. The summed E-state index contributed by atoms with van der Waals surface area (Å²) in [7, 11) is 0. The fraction of sp³-hybridized carbons (Fsp3) is 0.286. The van der Waals surface area contributed by atoms with E-state index in [0.717, 1.165) is 5.39 Å². The number of halogens is 1. The van der Waals surface area contributed by atoms with Crippen molar-refractivity contribution in [3.05, 3.63) is 34.9 Å². The molecule has 0 spiro atoms. The van der Waals surface area contributed by atoms with Crippen molar-refractivity contribution in [3.8, 4) is 0 Å². The van der Waals surface area contributed by atoms with Crippen molar-refractivity contribution < 1.29 is 9.53 Å². The SMILES string of the molecule is CC(C)(C)OC(=O)c1cccc2cc(Cl)c(N)nc12. The summed E-state index contributed by atoms with van der Waals surface area (Å²) in [5.74, 6) is -0.225. The average molecular weight is 279 g/mol. The van der Waals surface area contributed by atoms with Crippen molar-refractivity contribution in [1.82, 2.24) is 4.98 Å². The summed E-state index contributed by atoms with van der Waals surface area (Å²) in [5, 5.41) is 1.12. The quantitative estimate of drug-likeness (QED) is 0.812. The molecule has 0 atom stereocenters. The Hall–Kier alpha value is -1.81. The highest BCUT2D eigenvalue weighted by Gasteiger charge is 2.20. The maximum Gasteiger partial charge on any atom is 0.340 e. The van der Waals surface area contributed by atoms with Crippen LogP contribution in [0.3, 0.4) is 0 Å². The van der Waals surface area contributed by atoms with Gasteiger partial charge < -0.3 is 10.5 Å². The first kappa shape index (κ1) is 13.6. The molecule has 100 valence electrons. The molecule has 1 aromatic heterocycles. The highest BCUT2D eigenvalue weighted by molar-refractivity contribution is 6.33. The Kier molecular flexibility index (Phi) is 3.37. The number of anilines is 1. The Morgan fingerprint density at radius 2 is 2.05 bits per heavy atom. The molecule has 0 amide bonds. The molecule has 2 N–H and O–H groups in total. The van der Waals surface area contributed by atoms with E-state index in [1.807, 2.05) is 26.8 Å². The number of esters is 1. The van der Waals surface area contributed by atoms with Gasteiger partial charge in [0.25, 0.3) is 0 Å². The van der Waals surface area contributed by atoms with Crippen molar-refractivity contribution in [2.75, 3.05) is 5.73 Å². The minimum Gasteiger partial charge on any atom is -0.456 e. The lowest BCUT2D eigenvalue weighted by Gasteiger charge is -2.19. The van der Waals surface area contributed by atoms with Gasteiger partial charge >= 0.3 is 5.97 Å². The van der Waals surface area contributed by atoms with E-state index in [1.165, 1.54) is 0 Å². The number of benzene rings is 1. The standard InChI is InChI=1S/C14H15ClN2O2/c1-14(2,3)19-13(18)9-6-4-5-8-7-10(15)12(16)17-11(8)9/h4-7H,1-3H3,(H2,16,17). The first-order valence-electron chi connectivity index (χ1n) is 5.86. The first-order chi connectivity index (χ1) is 8.78. The van der Waals surface area contributed by atoms with E-state index in [4.69, 9.17) is 22.1 Å². The number of carbonyl (C=O) groups excluding carboxylic acids is 1. The van der Waals surface area contributed by atoms with Gasteiger partial charge in [-0.25, -0.2) is 9.78 Å². The molecule has 1 aromatic carbocycles. The van der Waals surface area contributed by atoms with Gasteiger partial charge in [0.1, 0.15) is 11.4 Å². The van der Waals surface area contributed by atoms with Crippen LogP contribution in [0.1, 0.15) is 31.1 Å². The summed E-state index contributed by atoms with van der Waals surface area (Å²) in [6.07, 6.45) is 0. The normalized spacial score (nSPS) is 11.6. The van der Waals surface area contributed by atoms with Crippen LogP contribution in [0.15, 0.2) is 24.3 Å². The number of para-hydroxylation sites is 1.